The lowest BCUT2D eigenvalue weighted by Gasteiger charge is -2.24. The Hall–Kier alpha value is -1.73. The summed E-state index contributed by atoms with van der Waals surface area (Å²) in [6.45, 7) is 2.06. The van der Waals surface area contributed by atoms with Crippen molar-refractivity contribution in [3.63, 3.8) is 0 Å². The molecule has 3 rings (SSSR count). The number of rotatable bonds is 7. The van der Waals surface area contributed by atoms with Gasteiger partial charge in [0.05, 0.1) is 0 Å². The normalized spacial score (nSPS) is 14.9. The van der Waals surface area contributed by atoms with Gasteiger partial charge in [0, 0.05) is 11.8 Å². The average molecular weight is 404 g/mol. The number of aromatic nitrogens is 2. The second-order valence-corrected chi connectivity index (χ2v) is 8.54. The van der Waals surface area contributed by atoms with E-state index in [4.69, 9.17) is 0 Å². The SMILES string of the molecule is CSc1nc(NC2CCCCC2)c(C(=O)O)c(SCc2cccc(C)c2)n1. The minimum Gasteiger partial charge on any atom is -0.477 e. The molecule has 0 atom stereocenters. The molecule has 0 radical (unpaired) electrons. The first-order valence-electron chi connectivity index (χ1n) is 9.21. The smallest absolute Gasteiger partial charge is 0.342 e. The van der Waals surface area contributed by atoms with E-state index < -0.39 is 5.97 Å². The first-order valence-corrected chi connectivity index (χ1v) is 11.4. The lowest BCUT2D eigenvalue weighted by atomic mass is 9.95. The van der Waals surface area contributed by atoms with Gasteiger partial charge < -0.3 is 10.4 Å². The van der Waals surface area contributed by atoms with Crippen LogP contribution in [0.3, 0.4) is 0 Å². The van der Waals surface area contributed by atoms with Crippen molar-refractivity contribution in [3.05, 3.63) is 41.0 Å². The van der Waals surface area contributed by atoms with Gasteiger partial charge in [0.25, 0.3) is 0 Å². The van der Waals surface area contributed by atoms with E-state index in [1.165, 1.54) is 48.3 Å². The van der Waals surface area contributed by atoms with Crippen LogP contribution in [0.2, 0.25) is 0 Å². The summed E-state index contributed by atoms with van der Waals surface area (Å²) in [6.07, 6.45) is 7.63. The Morgan fingerprint density at radius 2 is 2.04 bits per heavy atom. The maximum atomic E-state index is 12.0. The first-order chi connectivity index (χ1) is 13.1. The molecule has 2 N–H and O–H groups in total. The van der Waals surface area contributed by atoms with E-state index in [0.29, 0.717) is 21.8 Å². The fourth-order valence-electron chi connectivity index (χ4n) is 3.31. The van der Waals surface area contributed by atoms with Crippen LogP contribution < -0.4 is 5.32 Å². The van der Waals surface area contributed by atoms with Gasteiger partial charge in [0.1, 0.15) is 16.4 Å². The van der Waals surface area contributed by atoms with Gasteiger partial charge in [0.2, 0.25) is 0 Å². The third-order valence-electron chi connectivity index (χ3n) is 4.66. The van der Waals surface area contributed by atoms with Crippen LogP contribution in [-0.4, -0.2) is 33.3 Å². The van der Waals surface area contributed by atoms with Gasteiger partial charge in [-0.3, -0.25) is 0 Å². The molecule has 0 spiro atoms. The third kappa shape index (κ3) is 5.39. The number of nitrogens with one attached hydrogen (secondary N) is 1. The minimum absolute atomic E-state index is 0.191. The van der Waals surface area contributed by atoms with Crippen LogP contribution in [0.1, 0.15) is 53.6 Å². The lowest BCUT2D eigenvalue weighted by Crippen LogP contribution is -2.25. The van der Waals surface area contributed by atoms with Crippen molar-refractivity contribution >= 4 is 35.3 Å². The largest absolute Gasteiger partial charge is 0.477 e. The van der Waals surface area contributed by atoms with Gasteiger partial charge in [-0.05, 0) is 31.6 Å². The number of nitrogens with zero attached hydrogens (tertiary/aromatic N) is 2. The molecule has 0 unspecified atom stereocenters. The number of carboxylic acid groups (broad SMARTS) is 1. The molecule has 1 aliphatic carbocycles. The molecule has 0 bridgehead atoms. The molecule has 27 heavy (non-hydrogen) atoms. The lowest BCUT2D eigenvalue weighted by molar-refractivity contribution is 0.0692. The van der Waals surface area contributed by atoms with Gasteiger partial charge in [-0.1, -0.05) is 60.9 Å². The van der Waals surface area contributed by atoms with Crippen LogP contribution in [-0.2, 0) is 5.75 Å². The maximum absolute atomic E-state index is 12.0. The molecule has 1 aromatic heterocycles. The molecule has 0 saturated heterocycles. The molecule has 1 aromatic carbocycles. The van der Waals surface area contributed by atoms with E-state index in [2.05, 4.69) is 40.4 Å². The van der Waals surface area contributed by atoms with Crippen LogP contribution in [0, 0.1) is 6.92 Å². The van der Waals surface area contributed by atoms with Gasteiger partial charge in [-0.15, -0.1) is 11.8 Å². The molecule has 2 aromatic rings. The third-order valence-corrected chi connectivity index (χ3v) is 6.25. The van der Waals surface area contributed by atoms with Gasteiger partial charge >= 0.3 is 5.97 Å². The summed E-state index contributed by atoms with van der Waals surface area (Å²) in [6, 6.07) is 8.53. The zero-order valence-electron chi connectivity index (χ0n) is 15.7. The quantitative estimate of drug-likeness (QED) is 0.372. The van der Waals surface area contributed by atoms with E-state index in [-0.39, 0.29) is 11.6 Å². The predicted octanol–water partition coefficient (Wildman–Crippen LogP) is 5.24. The molecular formula is C20H25N3O2S2. The van der Waals surface area contributed by atoms with Crippen molar-refractivity contribution < 1.29 is 9.90 Å². The summed E-state index contributed by atoms with van der Waals surface area (Å²) < 4.78 is 0. The van der Waals surface area contributed by atoms with E-state index in [0.717, 1.165) is 18.4 Å². The molecule has 1 fully saturated rings. The molecule has 144 valence electrons. The van der Waals surface area contributed by atoms with Gasteiger partial charge in [-0.2, -0.15) is 0 Å². The number of anilines is 1. The van der Waals surface area contributed by atoms with Crippen molar-refractivity contribution in [2.75, 3.05) is 11.6 Å². The number of hydrogen-bond donors (Lipinski definition) is 2. The highest BCUT2D eigenvalue weighted by Gasteiger charge is 2.23. The number of thioether (sulfide) groups is 2. The monoisotopic (exact) mass is 403 g/mol. The van der Waals surface area contributed by atoms with E-state index >= 15 is 0 Å². The average Bonchev–Trinajstić information content (AvgIpc) is 2.66. The molecule has 5 nitrogen and oxygen atoms in total. The second-order valence-electron chi connectivity index (χ2n) is 6.80. The molecule has 1 aliphatic rings. The molecule has 1 saturated carbocycles. The highest BCUT2D eigenvalue weighted by Crippen LogP contribution is 2.32. The molecule has 0 amide bonds. The first kappa shape index (κ1) is 20.0. The van der Waals surface area contributed by atoms with Crippen molar-refractivity contribution in [1.82, 2.24) is 9.97 Å². The molecule has 7 heteroatoms. The predicted molar refractivity (Wildman–Crippen MR) is 112 cm³/mol. The standard InChI is InChI=1S/C20H25N3O2S2/c1-13-7-6-8-14(11-13)12-27-18-16(19(24)25)17(22-20(23-18)26-2)21-15-9-4-3-5-10-15/h6-8,11,15H,3-5,9-10,12H2,1-2H3,(H,24,25)(H,21,22,23). The number of carbonyl (C=O) groups is 1. The van der Waals surface area contributed by atoms with Gasteiger partial charge in [0.15, 0.2) is 5.16 Å². The molecule has 0 aliphatic heterocycles. The Labute approximate surface area is 168 Å². The zero-order chi connectivity index (χ0) is 19.2. The van der Waals surface area contributed by atoms with Crippen LogP contribution >= 0.6 is 23.5 Å². The molecular weight excluding hydrogens is 378 g/mol. The number of carboxylic acids is 1. The van der Waals surface area contributed by atoms with Crippen LogP contribution in [0.15, 0.2) is 34.4 Å². The summed E-state index contributed by atoms with van der Waals surface area (Å²) in [5.41, 5.74) is 2.54. The van der Waals surface area contributed by atoms with Crippen LogP contribution in [0.25, 0.3) is 0 Å². The van der Waals surface area contributed by atoms with Crippen molar-refractivity contribution in [3.8, 4) is 0 Å². The van der Waals surface area contributed by atoms with Crippen molar-refractivity contribution in [1.29, 1.82) is 0 Å². The Bertz CT molecular complexity index is 808. The summed E-state index contributed by atoms with van der Waals surface area (Å²) >= 11 is 2.89. The topological polar surface area (TPSA) is 75.1 Å². The van der Waals surface area contributed by atoms with E-state index in [1.54, 1.807) is 0 Å². The number of benzene rings is 1. The van der Waals surface area contributed by atoms with E-state index in [1.807, 2.05) is 12.3 Å². The highest BCUT2D eigenvalue weighted by molar-refractivity contribution is 7.99. The Kier molecular flexibility index (Phi) is 7.01. The fraction of sp³-hybridized carbons (Fsp3) is 0.450. The van der Waals surface area contributed by atoms with E-state index in [9.17, 15) is 9.90 Å². The fourth-order valence-corrected chi connectivity index (χ4v) is 4.69. The summed E-state index contributed by atoms with van der Waals surface area (Å²) in [5, 5.41) is 14.4. The summed E-state index contributed by atoms with van der Waals surface area (Å²) in [4.78, 5) is 21.0. The Morgan fingerprint density at radius 1 is 1.26 bits per heavy atom. The van der Waals surface area contributed by atoms with Crippen LogP contribution in [0.5, 0.6) is 0 Å². The minimum atomic E-state index is -0.979. The summed E-state index contributed by atoms with van der Waals surface area (Å²) in [5.74, 6) is 0.156. The number of aromatic carboxylic acids is 1. The van der Waals surface area contributed by atoms with Crippen molar-refractivity contribution in [2.24, 2.45) is 0 Å². The maximum Gasteiger partial charge on any atom is 0.342 e. The number of aryl methyl sites for hydroxylation is 1. The zero-order valence-corrected chi connectivity index (χ0v) is 17.3. The van der Waals surface area contributed by atoms with Crippen molar-refractivity contribution in [2.45, 2.75) is 61.0 Å². The Morgan fingerprint density at radius 3 is 2.70 bits per heavy atom. The molecule has 1 heterocycles. The van der Waals surface area contributed by atoms with Gasteiger partial charge in [-0.25, -0.2) is 14.8 Å². The Balaban J connectivity index is 1.88. The van der Waals surface area contributed by atoms with Crippen LogP contribution in [0.4, 0.5) is 5.82 Å². The second kappa shape index (κ2) is 9.46. The highest BCUT2D eigenvalue weighted by atomic mass is 32.2. The summed E-state index contributed by atoms with van der Waals surface area (Å²) in [7, 11) is 0. The number of hydrogen-bond acceptors (Lipinski definition) is 6.